The standard InChI is InChI=1S/C36H41Cl2N7O5/c1-21(46)17-39-18-24-20-42-30(16-31(24)49-3)35(48)43-29-7-5-6-27(32(29)37)34-33(38)26(10-13-40-34)28-9-8-23(36(44-28)50-4)19-41-25-11-14-45(15-12-25)22(2)47/h5-10,13,16,20-21,25,39,41,46H,11-12,14-15,17-19H2,1-4H3,(H,43,48)/t21-/m1/s1. The fraction of sp³-hybridized carbons (Fsp3) is 0.361. The van der Waals surface area contributed by atoms with E-state index < -0.39 is 12.0 Å². The second-order valence-electron chi connectivity index (χ2n) is 12.0. The first kappa shape index (κ1) is 36.9. The largest absolute Gasteiger partial charge is 0.496 e. The number of carbonyl (C=O) groups is 2. The first-order valence-electron chi connectivity index (χ1n) is 16.3. The Bertz CT molecular complexity index is 1830. The number of nitrogens with zero attached hydrogens (tertiary/aromatic N) is 4. The van der Waals surface area contributed by atoms with Crippen molar-refractivity contribution in [1.29, 1.82) is 0 Å². The smallest absolute Gasteiger partial charge is 0.274 e. The van der Waals surface area contributed by atoms with Gasteiger partial charge in [0.15, 0.2) is 0 Å². The van der Waals surface area contributed by atoms with Crippen molar-refractivity contribution < 1.29 is 24.2 Å². The van der Waals surface area contributed by atoms with Gasteiger partial charge in [0.2, 0.25) is 11.8 Å². The monoisotopic (exact) mass is 721 g/mol. The zero-order chi connectivity index (χ0) is 35.8. The third-order valence-corrected chi connectivity index (χ3v) is 9.26. The Hall–Kier alpha value is -4.33. The number of hydrogen-bond acceptors (Lipinski definition) is 10. The van der Waals surface area contributed by atoms with Crippen molar-refractivity contribution in [2.45, 2.75) is 51.9 Å². The van der Waals surface area contributed by atoms with E-state index in [0.29, 0.717) is 70.5 Å². The molecule has 264 valence electrons. The number of carbonyl (C=O) groups excluding carboxylic acids is 2. The third kappa shape index (κ3) is 8.87. The van der Waals surface area contributed by atoms with Crippen molar-refractivity contribution in [3.05, 3.63) is 81.7 Å². The van der Waals surface area contributed by atoms with E-state index in [1.807, 2.05) is 17.0 Å². The highest BCUT2D eigenvalue weighted by Crippen LogP contribution is 2.40. The molecule has 0 spiro atoms. The lowest BCUT2D eigenvalue weighted by atomic mass is 10.0. The molecule has 4 heterocycles. The predicted molar refractivity (Wildman–Crippen MR) is 194 cm³/mol. The fourth-order valence-electron chi connectivity index (χ4n) is 5.74. The van der Waals surface area contributed by atoms with Crippen molar-refractivity contribution in [3.63, 3.8) is 0 Å². The molecule has 1 aliphatic heterocycles. The Labute approximate surface area is 301 Å². The number of aromatic nitrogens is 3. The van der Waals surface area contributed by atoms with Gasteiger partial charge in [0.05, 0.1) is 47.4 Å². The minimum absolute atomic E-state index is 0.112. The van der Waals surface area contributed by atoms with Crippen LogP contribution in [0.5, 0.6) is 11.6 Å². The van der Waals surface area contributed by atoms with Crippen molar-refractivity contribution >= 4 is 40.7 Å². The maximum absolute atomic E-state index is 13.2. The van der Waals surface area contributed by atoms with Gasteiger partial charge in [0.1, 0.15) is 11.4 Å². The van der Waals surface area contributed by atoms with Crippen LogP contribution in [0, 0.1) is 0 Å². The number of aliphatic hydroxyl groups is 1. The molecule has 4 aromatic rings. The summed E-state index contributed by atoms with van der Waals surface area (Å²) in [7, 11) is 3.10. The molecule has 1 fully saturated rings. The highest BCUT2D eigenvalue weighted by atomic mass is 35.5. The number of pyridine rings is 3. The molecule has 0 aliphatic carbocycles. The molecule has 1 saturated heterocycles. The van der Waals surface area contributed by atoms with Crippen molar-refractivity contribution in [1.82, 2.24) is 30.5 Å². The number of anilines is 1. The first-order valence-corrected chi connectivity index (χ1v) is 17.0. The normalized spacial score (nSPS) is 13.9. The van der Waals surface area contributed by atoms with Gasteiger partial charge in [0, 0.05) is 86.4 Å². The third-order valence-electron chi connectivity index (χ3n) is 8.47. The zero-order valence-corrected chi connectivity index (χ0v) is 29.9. The molecule has 5 rings (SSSR count). The molecular formula is C36H41Cl2N7O5. The van der Waals surface area contributed by atoms with E-state index in [1.54, 1.807) is 63.7 Å². The number of amides is 2. The highest BCUT2D eigenvalue weighted by molar-refractivity contribution is 6.39. The van der Waals surface area contributed by atoms with Gasteiger partial charge in [-0.3, -0.25) is 19.6 Å². The average Bonchev–Trinajstić information content (AvgIpc) is 3.12. The average molecular weight is 723 g/mol. The van der Waals surface area contributed by atoms with E-state index in [-0.39, 0.29) is 16.6 Å². The van der Waals surface area contributed by atoms with Crippen molar-refractivity contribution in [3.8, 4) is 34.1 Å². The van der Waals surface area contributed by atoms with Gasteiger partial charge >= 0.3 is 0 Å². The Morgan fingerprint density at radius 2 is 1.78 bits per heavy atom. The maximum Gasteiger partial charge on any atom is 0.274 e. The predicted octanol–water partition coefficient (Wildman–Crippen LogP) is 5.35. The lowest BCUT2D eigenvalue weighted by Crippen LogP contribution is -2.44. The fourth-order valence-corrected chi connectivity index (χ4v) is 6.31. The molecule has 0 unspecified atom stereocenters. The summed E-state index contributed by atoms with van der Waals surface area (Å²) in [4.78, 5) is 40.4. The summed E-state index contributed by atoms with van der Waals surface area (Å²) in [6.07, 6.45) is 4.46. The van der Waals surface area contributed by atoms with Gasteiger partial charge < -0.3 is 35.4 Å². The number of aliphatic hydroxyl groups excluding tert-OH is 1. The molecule has 4 N–H and O–H groups in total. The summed E-state index contributed by atoms with van der Waals surface area (Å²) < 4.78 is 11.1. The van der Waals surface area contributed by atoms with Gasteiger partial charge in [-0.2, -0.15) is 0 Å². The minimum atomic E-state index is -0.498. The van der Waals surface area contributed by atoms with E-state index in [2.05, 4.69) is 25.9 Å². The van der Waals surface area contributed by atoms with Crippen LogP contribution in [0.1, 0.15) is 48.3 Å². The summed E-state index contributed by atoms with van der Waals surface area (Å²) in [5, 5.41) is 19.6. The molecule has 50 heavy (non-hydrogen) atoms. The Balaban J connectivity index is 1.32. The lowest BCUT2D eigenvalue weighted by molar-refractivity contribution is -0.129. The first-order chi connectivity index (χ1) is 24.1. The number of halogens is 2. The number of likely N-dealkylation sites (tertiary alicyclic amines) is 1. The van der Waals surface area contributed by atoms with E-state index >= 15 is 0 Å². The van der Waals surface area contributed by atoms with E-state index in [4.69, 9.17) is 37.7 Å². The van der Waals surface area contributed by atoms with Crippen LogP contribution in [0.3, 0.4) is 0 Å². The van der Waals surface area contributed by atoms with Crippen LogP contribution in [0.25, 0.3) is 22.5 Å². The number of hydrogen-bond donors (Lipinski definition) is 4. The van der Waals surface area contributed by atoms with Crippen LogP contribution in [-0.4, -0.2) is 82.8 Å². The van der Waals surface area contributed by atoms with Crippen LogP contribution >= 0.6 is 23.2 Å². The van der Waals surface area contributed by atoms with Gasteiger partial charge in [0.25, 0.3) is 5.91 Å². The number of ether oxygens (including phenoxy) is 2. The SMILES string of the molecule is COc1cc(C(=O)Nc2cccc(-c3nccc(-c4ccc(CNC5CCN(C(C)=O)CC5)c(OC)n4)c3Cl)c2Cl)ncc1CNC[C@@H](C)O. The van der Waals surface area contributed by atoms with Gasteiger partial charge in [-0.25, -0.2) is 4.98 Å². The topological polar surface area (TPSA) is 151 Å². The molecule has 3 aromatic heterocycles. The molecule has 1 atom stereocenters. The number of nitrogens with one attached hydrogen (secondary N) is 3. The molecule has 0 bridgehead atoms. The second kappa shape index (κ2) is 17.1. The molecule has 2 amide bonds. The number of rotatable bonds is 13. The summed E-state index contributed by atoms with van der Waals surface area (Å²) in [6.45, 7) is 6.17. The van der Waals surface area contributed by atoms with Crippen LogP contribution < -0.4 is 25.4 Å². The summed E-state index contributed by atoms with van der Waals surface area (Å²) >= 11 is 13.8. The van der Waals surface area contributed by atoms with Crippen LogP contribution in [0.2, 0.25) is 10.0 Å². The molecular weight excluding hydrogens is 681 g/mol. The molecule has 1 aromatic carbocycles. The summed E-state index contributed by atoms with van der Waals surface area (Å²) in [5.74, 6) is 0.589. The number of methoxy groups -OCH3 is 2. The van der Waals surface area contributed by atoms with Crippen molar-refractivity contribution in [2.24, 2.45) is 0 Å². The Kier molecular flexibility index (Phi) is 12.6. The Morgan fingerprint density at radius 1 is 1.00 bits per heavy atom. The molecule has 14 heteroatoms. The minimum Gasteiger partial charge on any atom is -0.496 e. The number of piperidine rings is 1. The van der Waals surface area contributed by atoms with Gasteiger partial charge in [-0.1, -0.05) is 41.4 Å². The van der Waals surface area contributed by atoms with Gasteiger partial charge in [-0.05, 0) is 38.0 Å². The van der Waals surface area contributed by atoms with Gasteiger partial charge in [-0.15, -0.1) is 0 Å². The quantitative estimate of drug-likeness (QED) is 0.142. The van der Waals surface area contributed by atoms with E-state index in [9.17, 15) is 14.7 Å². The van der Waals surface area contributed by atoms with Crippen LogP contribution in [-0.2, 0) is 17.9 Å². The maximum atomic E-state index is 13.2. The molecule has 0 radical (unpaired) electrons. The number of benzene rings is 1. The van der Waals surface area contributed by atoms with E-state index in [1.165, 1.54) is 7.11 Å². The lowest BCUT2D eigenvalue weighted by Gasteiger charge is -2.31. The second-order valence-corrected chi connectivity index (χ2v) is 12.8. The molecule has 1 aliphatic rings. The van der Waals surface area contributed by atoms with E-state index in [0.717, 1.165) is 37.1 Å². The summed E-state index contributed by atoms with van der Waals surface area (Å²) in [5.41, 5.74) is 4.30. The van der Waals surface area contributed by atoms with Crippen LogP contribution in [0.4, 0.5) is 5.69 Å². The summed E-state index contributed by atoms with van der Waals surface area (Å²) in [6, 6.07) is 12.7. The Morgan fingerprint density at radius 3 is 2.48 bits per heavy atom. The molecule has 12 nitrogen and oxygen atoms in total. The van der Waals surface area contributed by atoms with Crippen LogP contribution in [0.15, 0.2) is 54.9 Å². The highest BCUT2D eigenvalue weighted by Gasteiger charge is 2.22. The molecule has 0 saturated carbocycles. The van der Waals surface area contributed by atoms with Crippen molar-refractivity contribution in [2.75, 3.05) is 39.2 Å². The zero-order valence-electron chi connectivity index (χ0n) is 28.4.